The van der Waals surface area contributed by atoms with E-state index < -0.39 is 0 Å². The number of nitrogens with one attached hydrogen (secondary N) is 1. The molecule has 0 spiro atoms. The van der Waals surface area contributed by atoms with Gasteiger partial charge in [-0.25, -0.2) is 4.79 Å². The molecule has 106 valence electrons. The van der Waals surface area contributed by atoms with Crippen molar-refractivity contribution in [2.45, 2.75) is 45.6 Å². The minimum atomic E-state index is -0.288. The van der Waals surface area contributed by atoms with E-state index in [1.54, 1.807) is 6.07 Å². The van der Waals surface area contributed by atoms with Gasteiger partial charge < -0.3 is 4.98 Å². The van der Waals surface area contributed by atoms with Gasteiger partial charge in [-0.1, -0.05) is 37.3 Å². The highest BCUT2D eigenvalue weighted by Gasteiger charge is 2.16. The number of hydrogen-bond donors (Lipinski definition) is 1. The van der Waals surface area contributed by atoms with Gasteiger partial charge in [-0.3, -0.25) is 9.36 Å². The second-order valence-corrected chi connectivity index (χ2v) is 5.88. The zero-order valence-electron chi connectivity index (χ0n) is 11.8. The number of aryl methyl sites for hydroxylation is 1. The van der Waals surface area contributed by atoms with Crippen LogP contribution in [-0.4, -0.2) is 9.55 Å². The van der Waals surface area contributed by atoms with Gasteiger partial charge in [0.1, 0.15) is 0 Å². The van der Waals surface area contributed by atoms with Gasteiger partial charge >= 0.3 is 5.69 Å². The van der Waals surface area contributed by atoms with E-state index in [1.165, 1.54) is 30.3 Å². The van der Waals surface area contributed by atoms with E-state index >= 15 is 0 Å². The summed E-state index contributed by atoms with van der Waals surface area (Å²) in [5.41, 5.74) is 1.21. The SMILES string of the molecule is Cc1ccc2[nH]c(=O)n(CCC3CCCC3)c(=O)c2c1. The van der Waals surface area contributed by atoms with E-state index in [1.807, 2.05) is 19.1 Å². The van der Waals surface area contributed by atoms with Crippen molar-refractivity contribution in [3.63, 3.8) is 0 Å². The average molecular weight is 272 g/mol. The molecule has 2 aromatic rings. The summed E-state index contributed by atoms with van der Waals surface area (Å²) in [4.78, 5) is 27.3. The van der Waals surface area contributed by atoms with Crippen molar-refractivity contribution in [2.75, 3.05) is 0 Å². The third-order valence-electron chi connectivity index (χ3n) is 4.37. The van der Waals surface area contributed by atoms with Gasteiger partial charge in [-0.15, -0.1) is 0 Å². The van der Waals surface area contributed by atoms with Crippen LogP contribution in [0.15, 0.2) is 27.8 Å². The van der Waals surface area contributed by atoms with Crippen LogP contribution >= 0.6 is 0 Å². The fraction of sp³-hybridized carbons (Fsp3) is 0.500. The monoisotopic (exact) mass is 272 g/mol. The first-order valence-corrected chi connectivity index (χ1v) is 7.38. The highest BCUT2D eigenvalue weighted by Crippen LogP contribution is 2.27. The quantitative estimate of drug-likeness (QED) is 0.933. The van der Waals surface area contributed by atoms with E-state index in [9.17, 15) is 9.59 Å². The van der Waals surface area contributed by atoms with Gasteiger partial charge in [0.2, 0.25) is 0 Å². The predicted molar refractivity (Wildman–Crippen MR) is 80.1 cm³/mol. The molecule has 1 N–H and O–H groups in total. The van der Waals surface area contributed by atoms with Crippen molar-refractivity contribution >= 4 is 10.9 Å². The minimum absolute atomic E-state index is 0.162. The molecule has 1 fully saturated rings. The maximum absolute atomic E-state index is 12.4. The molecule has 1 aromatic heterocycles. The van der Waals surface area contributed by atoms with Crippen LogP contribution in [0.4, 0.5) is 0 Å². The zero-order chi connectivity index (χ0) is 14.1. The topological polar surface area (TPSA) is 54.9 Å². The molecule has 1 aliphatic carbocycles. The Morgan fingerprint density at radius 3 is 2.75 bits per heavy atom. The summed E-state index contributed by atoms with van der Waals surface area (Å²) < 4.78 is 1.36. The summed E-state index contributed by atoms with van der Waals surface area (Å²) in [7, 11) is 0. The Bertz CT molecular complexity index is 736. The van der Waals surface area contributed by atoms with Crippen molar-refractivity contribution in [2.24, 2.45) is 5.92 Å². The van der Waals surface area contributed by atoms with Crippen LogP contribution in [0, 0.1) is 12.8 Å². The van der Waals surface area contributed by atoms with Crippen molar-refractivity contribution in [1.29, 1.82) is 0 Å². The molecule has 0 atom stereocenters. The number of nitrogens with zero attached hydrogens (tertiary/aromatic N) is 1. The molecule has 0 amide bonds. The maximum Gasteiger partial charge on any atom is 0.328 e. The number of aromatic amines is 1. The van der Waals surface area contributed by atoms with Crippen molar-refractivity contribution in [1.82, 2.24) is 9.55 Å². The van der Waals surface area contributed by atoms with Crippen LogP contribution in [0.5, 0.6) is 0 Å². The molecule has 0 radical (unpaired) electrons. The number of benzene rings is 1. The number of rotatable bonds is 3. The molecule has 0 unspecified atom stereocenters. The van der Waals surface area contributed by atoms with Crippen LogP contribution < -0.4 is 11.2 Å². The third-order valence-corrected chi connectivity index (χ3v) is 4.37. The summed E-state index contributed by atoms with van der Waals surface area (Å²) in [5, 5.41) is 0.607. The summed E-state index contributed by atoms with van der Waals surface area (Å²) in [6, 6.07) is 5.55. The lowest BCUT2D eigenvalue weighted by Crippen LogP contribution is -2.35. The Hall–Kier alpha value is -1.84. The molecule has 0 bridgehead atoms. The highest BCUT2D eigenvalue weighted by molar-refractivity contribution is 5.77. The molecular formula is C16H20N2O2. The lowest BCUT2D eigenvalue weighted by Gasteiger charge is -2.10. The molecule has 0 aliphatic heterocycles. The van der Waals surface area contributed by atoms with E-state index in [-0.39, 0.29) is 11.2 Å². The predicted octanol–water partition coefficient (Wildman–Crippen LogP) is 2.58. The largest absolute Gasteiger partial charge is 0.328 e. The Morgan fingerprint density at radius 2 is 2.00 bits per heavy atom. The van der Waals surface area contributed by atoms with E-state index in [0.717, 1.165) is 12.0 Å². The molecule has 4 nitrogen and oxygen atoms in total. The summed E-state index contributed by atoms with van der Waals surface area (Å²) in [5.74, 6) is 0.675. The van der Waals surface area contributed by atoms with Crippen molar-refractivity contribution in [3.8, 4) is 0 Å². The molecular weight excluding hydrogens is 252 g/mol. The van der Waals surface area contributed by atoms with Gasteiger partial charge in [0.05, 0.1) is 10.9 Å². The van der Waals surface area contributed by atoms with Crippen LogP contribution in [0.1, 0.15) is 37.7 Å². The third kappa shape index (κ3) is 2.42. The van der Waals surface area contributed by atoms with Crippen LogP contribution in [0.25, 0.3) is 10.9 Å². The molecule has 20 heavy (non-hydrogen) atoms. The Labute approximate surface area is 117 Å². The van der Waals surface area contributed by atoms with Gasteiger partial charge in [0.15, 0.2) is 0 Å². The fourth-order valence-corrected chi connectivity index (χ4v) is 3.18. The van der Waals surface area contributed by atoms with Crippen LogP contribution in [-0.2, 0) is 6.54 Å². The molecule has 1 saturated carbocycles. The summed E-state index contributed by atoms with van der Waals surface area (Å²) >= 11 is 0. The van der Waals surface area contributed by atoms with Crippen molar-refractivity contribution in [3.05, 3.63) is 44.6 Å². The fourth-order valence-electron chi connectivity index (χ4n) is 3.18. The lowest BCUT2D eigenvalue weighted by atomic mass is 10.0. The Morgan fingerprint density at radius 1 is 1.25 bits per heavy atom. The molecule has 1 heterocycles. The van der Waals surface area contributed by atoms with Crippen molar-refractivity contribution < 1.29 is 0 Å². The molecule has 0 saturated heterocycles. The van der Waals surface area contributed by atoms with E-state index in [4.69, 9.17) is 0 Å². The maximum atomic E-state index is 12.4. The first kappa shape index (κ1) is 13.2. The Kier molecular flexibility index (Phi) is 3.47. The normalized spacial score (nSPS) is 16.1. The number of H-pyrrole nitrogens is 1. The molecule has 4 heteroatoms. The van der Waals surface area contributed by atoms with Crippen LogP contribution in [0.3, 0.4) is 0 Å². The molecule has 1 aromatic carbocycles. The van der Waals surface area contributed by atoms with Gasteiger partial charge in [0.25, 0.3) is 5.56 Å². The number of aromatic nitrogens is 2. The summed E-state index contributed by atoms with van der Waals surface area (Å²) in [6.45, 7) is 2.48. The Balaban J connectivity index is 1.97. The standard InChI is InChI=1S/C16H20N2O2/c1-11-6-7-14-13(10-11)15(19)18(16(20)17-14)9-8-12-4-2-3-5-12/h6-7,10,12H,2-5,8-9H2,1H3,(H,17,20). The lowest BCUT2D eigenvalue weighted by molar-refractivity contribution is 0.446. The number of fused-ring (bicyclic) bond motifs is 1. The zero-order valence-corrected chi connectivity index (χ0v) is 11.8. The first-order chi connectivity index (χ1) is 9.65. The second kappa shape index (κ2) is 5.27. The van der Waals surface area contributed by atoms with E-state index in [0.29, 0.717) is 23.4 Å². The van der Waals surface area contributed by atoms with Gasteiger partial charge in [-0.05, 0) is 31.4 Å². The molecule has 1 aliphatic rings. The minimum Gasteiger partial charge on any atom is -0.307 e. The second-order valence-electron chi connectivity index (χ2n) is 5.88. The average Bonchev–Trinajstić information content (AvgIpc) is 2.93. The van der Waals surface area contributed by atoms with E-state index in [2.05, 4.69) is 4.98 Å². The molecule has 3 rings (SSSR count). The number of hydrogen-bond acceptors (Lipinski definition) is 2. The van der Waals surface area contributed by atoms with Gasteiger partial charge in [0, 0.05) is 6.54 Å². The summed E-state index contributed by atoms with van der Waals surface area (Å²) in [6.07, 6.45) is 5.97. The van der Waals surface area contributed by atoms with Gasteiger partial charge in [-0.2, -0.15) is 0 Å². The smallest absolute Gasteiger partial charge is 0.307 e. The highest BCUT2D eigenvalue weighted by atomic mass is 16.2. The first-order valence-electron chi connectivity index (χ1n) is 7.38. The van der Waals surface area contributed by atoms with Crippen LogP contribution in [0.2, 0.25) is 0 Å².